The van der Waals surface area contributed by atoms with Crippen LogP contribution in [0.15, 0.2) is 24.3 Å². The van der Waals surface area contributed by atoms with E-state index in [0.29, 0.717) is 0 Å². The molecule has 0 aromatic carbocycles. The molecule has 0 aliphatic rings. The third-order valence-electron chi connectivity index (χ3n) is 0.591. The number of aldehydes is 2. The molecule has 4 nitrogen and oxygen atoms in total. The van der Waals surface area contributed by atoms with Gasteiger partial charge in [0.25, 0.3) is 0 Å². The summed E-state index contributed by atoms with van der Waals surface area (Å²) >= 11 is 0. The van der Waals surface area contributed by atoms with Crippen LogP contribution in [-0.2, 0) is 14.4 Å². The zero-order valence-electron chi connectivity index (χ0n) is 6.60. The number of carbonyl (C=O) groups excluding carboxylic acids is 3. The van der Waals surface area contributed by atoms with Crippen LogP contribution in [0.25, 0.3) is 0 Å². The van der Waals surface area contributed by atoms with E-state index in [1.165, 1.54) is 6.08 Å². The van der Waals surface area contributed by atoms with Crippen molar-refractivity contribution in [3.63, 3.8) is 0 Å². The zero-order valence-corrected chi connectivity index (χ0v) is 6.60. The Labute approximate surface area is 70.2 Å². The van der Waals surface area contributed by atoms with Crippen molar-refractivity contribution >= 4 is 18.5 Å². The summed E-state index contributed by atoms with van der Waals surface area (Å²) in [7, 11) is 0. The Morgan fingerprint density at radius 1 is 1.17 bits per heavy atom. The highest BCUT2D eigenvalue weighted by Crippen LogP contribution is 1.72. The molecule has 0 rings (SSSR count). The van der Waals surface area contributed by atoms with Gasteiger partial charge in [-0.3, -0.25) is 9.59 Å². The van der Waals surface area contributed by atoms with Gasteiger partial charge in [0.2, 0.25) is 0 Å². The third-order valence-corrected chi connectivity index (χ3v) is 0.591. The van der Waals surface area contributed by atoms with Crippen molar-refractivity contribution in [3.8, 4) is 0 Å². The summed E-state index contributed by atoms with van der Waals surface area (Å²) in [6.45, 7) is 1.81. The molecule has 0 N–H and O–H groups in total. The second-order valence-corrected chi connectivity index (χ2v) is 1.48. The lowest BCUT2D eigenvalue weighted by Gasteiger charge is -1.84. The lowest BCUT2D eigenvalue weighted by atomic mass is 10.4. The predicted molar refractivity (Wildman–Crippen MR) is 41.1 cm³/mol. The van der Waals surface area contributed by atoms with Gasteiger partial charge in [-0.25, -0.2) is 0 Å². The number of allylic oxidation sites excluding steroid dienone is 3. The summed E-state index contributed by atoms with van der Waals surface area (Å²) in [4.78, 5) is 27.3. The van der Waals surface area contributed by atoms with E-state index in [2.05, 4.69) is 0 Å². The first-order valence-corrected chi connectivity index (χ1v) is 3.08. The highest BCUT2D eigenvalue weighted by molar-refractivity contribution is 6.09. The number of rotatable bonds is 3. The molecule has 0 amide bonds. The van der Waals surface area contributed by atoms with Crippen LogP contribution in [0.5, 0.6) is 0 Å². The SMILES string of the molecule is C/C=C/C=C/C(=O)[O-].O=CC=O. The lowest BCUT2D eigenvalue weighted by molar-refractivity contribution is -0.297. The summed E-state index contributed by atoms with van der Waals surface area (Å²) in [6, 6.07) is 0. The summed E-state index contributed by atoms with van der Waals surface area (Å²) in [5.41, 5.74) is 0. The largest absolute Gasteiger partial charge is 0.545 e. The van der Waals surface area contributed by atoms with E-state index >= 15 is 0 Å². The molecular formula is C8H9O4-. The first kappa shape index (κ1) is 12.9. The van der Waals surface area contributed by atoms with Crippen LogP contribution in [0.4, 0.5) is 0 Å². The molecule has 0 aromatic rings. The molecule has 0 bridgehead atoms. The molecule has 12 heavy (non-hydrogen) atoms. The second-order valence-electron chi connectivity index (χ2n) is 1.48. The quantitative estimate of drug-likeness (QED) is 0.241. The maximum absolute atomic E-state index is 9.64. The smallest absolute Gasteiger partial charge is 0.182 e. The Morgan fingerprint density at radius 2 is 1.67 bits per heavy atom. The van der Waals surface area contributed by atoms with E-state index in [1.807, 2.05) is 0 Å². The average molecular weight is 169 g/mol. The molecule has 0 heterocycles. The molecule has 0 radical (unpaired) electrons. The van der Waals surface area contributed by atoms with E-state index in [4.69, 9.17) is 9.59 Å². The van der Waals surface area contributed by atoms with Crippen molar-refractivity contribution in [3.05, 3.63) is 24.3 Å². The second kappa shape index (κ2) is 12.0. The molecule has 0 aliphatic carbocycles. The van der Waals surface area contributed by atoms with Crippen LogP contribution >= 0.6 is 0 Å². The van der Waals surface area contributed by atoms with Gasteiger partial charge in [0.1, 0.15) is 0 Å². The number of carboxylic acid groups (broad SMARTS) is 1. The zero-order chi connectivity index (χ0) is 9.82. The standard InChI is InChI=1S/C6H8O2.C2H2O2/c1-2-3-4-5-6(7)8;3-1-2-4/h2-5H,1H3,(H,7,8);1-2H/p-1/b3-2+,5-4+;. The number of aliphatic carboxylic acids is 1. The minimum atomic E-state index is -1.16. The van der Waals surface area contributed by atoms with E-state index in [0.717, 1.165) is 6.08 Å². The number of hydrogen-bond acceptors (Lipinski definition) is 4. The van der Waals surface area contributed by atoms with Crippen molar-refractivity contribution in [2.75, 3.05) is 0 Å². The molecule has 0 saturated heterocycles. The van der Waals surface area contributed by atoms with Crippen molar-refractivity contribution in [2.45, 2.75) is 6.92 Å². The van der Waals surface area contributed by atoms with Gasteiger partial charge in [-0.15, -0.1) is 0 Å². The fourth-order valence-corrected chi connectivity index (χ4v) is 0.245. The van der Waals surface area contributed by atoms with Crippen LogP contribution in [0.1, 0.15) is 6.92 Å². The van der Waals surface area contributed by atoms with Crippen molar-refractivity contribution in [2.24, 2.45) is 0 Å². The van der Waals surface area contributed by atoms with E-state index in [-0.39, 0.29) is 12.6 Å². The van der Waals surface area contributed by atoms with Crippen molar-refractivity contribution < 1.29 is 19.5 Å². The Morgan fingerprint density at radius 3 is 1.92 bits per heavy atom. The number of carbonyl (C=O) groups is 3. The summed E-state index contributed by atoms with van der Waals surface area (Å²) in [5, 5.41) is 9.64. The molecule has 0 fully saturated rings. The predicted octanol–water partition coefficient (Wildman–Crippen LogP) is -0.747. The number of carboxylic acids is 1. The van der Waals surface area contributed by atoms with Gasteiger partial charge in [0.05, 0.1) is 5.97 Å². The summed E-state index contributed by atoms with van der Waals surface area (Å²) in [5.74, 6) is -1.16. The van der Waals surface area contributed by atoms with Gasteiger partial charge < -0.3 is 9.90 Å². The Hall–Kier alpha value is -1.71. The van der Waals surface area contributed by atoms with Gasteiger partial charge in [-0.05, 0) is 13.0 Å². The Bertz CT molecular complexity index is 185. The van der Waals surface area contributed by atoms with E-state index in [1.54, 1.807) is 19.1 Å². The minimum Gasteiger partial charge on any atom is -0.545 e. The minimum absolute atomic E-state index is 0.194. The third kappa shape index (κ3) is 23.9. The van der Waals surface area contributed by atoms with Crippen LogP contribution in [-0.4, -0.2) is 18.5 Å². The van der Waals surface area contributed by atoms with Gasteiger partial charge in [-0.1, -0.05) is 18.2 Å². The number of hydrogen-bond donors (Lipinski definition) is 0. The molecule has 0 aliphatic heterocycles. The van der Waals surface area contributed by atoms with Crippen molar-refractivity contribution in [1.82, 2.24) is 0 Å². The van der Waals surface area contributed by atoms with Gasteiger partial charge in [-0.2, -0.15) is 0 Å². The van der Waals surface area contributed by atoms with Crippen LogP contribution in [0, 0.1) is 0 Å². The maximum Gasteiger partial charge on any atom is 0.182 e. The Balaban J connectivity index is 0. The average Bonchev–Trinajstić information content (AvgIpc) is 2.05. The highest BCUT2D eigenvalue weighted by Gasteiger charge is 1.64. The molecule has 0 spiro atoms. The first-order chi connectivity index (χ1) is 5.68. The van der Waals surface area contributed by atoms with Crippen molar-refractivity contribution in [1.29, 1.82) is 0 Å². The summed E-state index contributed by atoms with van der Waals surface area (Å²) < 4.78 is 0. The molecule has 0 atom stereocenters. The topological polar surface area (TPSA) is 74.3 Å². The van der Waals surface area contributed by atoms with Crippen LogP contribution in [0.3, 0.4) is 0 Å². The summed E-state index contributed by atoms with van der Waals surface area (Å²) in [6.07, 6.45) is 6.13. The van der Waals surface area contributed by atoms with Gasteiger partial charge in [0, 0.05) is 0 Å². The fourth-order valence-electron chi connectivity index (χ4n) is 0.245. The van der Waals surface area contributed by atoms with Crippen LogP contribution < -0.4 is 5.11 Å². The first-order valence-electron chi connectivity index (χ1n) is 3.08. The maximum atomic E-state index is 9.64. The Kier molecular flexibility index (Phi) is 12.9. The highest BCUT2D eigenvalue weighted by atomic mass is 16.4. The van der Waals surface area contributed by atoms with E-state index < -0.39 is 5.97 Å². The molecular weight excluding hydrogens is 160 g/mol. The normalized spacial score (nSPS) is 9.08. The van der Waals surface area contributed by atoms with Crippen LogP contribution in [0.2, 0.25) is 0 Å². The van der Waals surface area contributed by atoms with E-state index in [9.17, 15) is 9.90 Å². The molecule has 4 heteroatoms. The molecule has 0 aromatic heterocycles. The lowest BCUT2D eigenvalue weighted by Crippen LogP contribution is -2.18. The molecule has 0 saturated carbocycles. The molecule has 66 valence electrons. The van der Waals surface area contributed by atoms with Gasteiger partial charge in [0.15, 0.2) is 12.6 Å². The molecule has 0 unspecified atom stereocenters. The monoisotopic (exact) mass is 169 g/mol. The van der Waals surface area contributed by atoms with Gasteiger partial charge >= 0.3 is 0 Å². The fraction of sp³-hybridized carbons (Fsp3) is 0.125.